The van der Waals surface area contributed by atoms with Crippen LogP contribution in [0.3, 0.4) is 0 Å². The molecule has 1 fully saturated rings. The summed E-state index contributed by atoms with van der Waals surface area (Å²) < 4.78 is 2.02. The Morgan fingerprint density at radius 3 is 3.12 bits per heavy atom. The third-order valence-electron chi connectivity index (χ3n) is 4.08. The Morgan fingerprint density at radius 1 is 1.71 bits per heavy atom. The van der Waals surface area contributed by atoms with Crippen LogP contribution >= 0.6 is 0 Å². The Balaban J connectivity index is 2.00. The van der Waals surface area contributed by atoms with Crippen LogP contribution in [0.2, 0.25) is 0 Å². The van der Waals surface area contributed by atoms with Gasteiger partial charge in [0.15, 0.2) is 0 Å². The monoisotopic (exact) mass is 232 g/mol. The molecule has 1 saturated carbocycles. The molecule has 2 unspecified atom stereocenters. The van der Waals surface area contributed by atoms with Gasteiger partial charge in [-0.25, -0.2) is 0 Å². The maximum atomic E-state index is 9.36. The highest BCUT2D eigenvalue weighted by atomic mass is 15.3. The zero-order valence-electron chi connectivity index (χ0n) is 10.6. The zero-order chi connectivity index (χ0) is 12.3. The van der Waals surface area contributed by atoms with Gasteiger partial charge in [0.2, 0.25) is 0 Å². The number of nitriles is 1. The van der Waals surface area contributed by atoms with Gasteiger partial charge in [-0.15, -0.1) is 0 Å². The van der Waals surface area contributed by atoms with E-state index in [0.717, 1.165) is 32.2 Å². The molecule has 1 N–H and O–H groups in total. The van der Waals surface area contributed by atoms with Gasteiger partial charge in [-0.1, -0.05) is 6.42 Å². The molecule has 0 bridgehead atoms. The summed E-state index contributed by atoms with van der Waals surface area (Å²) in [6, 6.07) is 4.50. The van der Waals surface area contributed by atoms with Crippen molar-refractivity contribution in [2.45, 2.75) is 44.7 Å². The van der Waals surface area contributed by atoms with Gasteiger partial charge in [0.25, 0.3) is 0 Å². The Hall–Kier alpha value is -1.34. The van der Waals surface area contributed by atoms with Crippen LogP contribution in [0.1, 0.15) is 31.4 Å². The fourth-order valence-electron chi connectivity index (χ4n) is 2.91. The van der Waals surface area contributed by atoms with Crippen LogP contribution in [0, 0.1) is 24.2 Å². The third kappa shape index (κ3) is 2.20. The van der Waals surface area contributed by atoms with Crippen LogP contribution < -0.4 is 5.32 Å². The molecule has 0 spiro atoms. The highest BCUT2D eigenvalue weighted by Crippen LogP contribution is 2.37. The second-order valence-electron chi connectivity index (χ2n) is 4.91. The highest BCUT2D eigenvalue weighted by Gasteiger charge is 2.41. The largest absolute Gasteiger partial charge is 0.302 e. The first-order valence-corrected chi connectivity index (χ1v) is 6.30. The first-order valence-electron chi connectivity index (χ1n) is 6.30. The number of nitrogens with one attached hydrogen (secondary N) is 1. The Morgan fingerprint density at radius 2 is 2.53 bits per heavy atom. The quantitative estimate of drug-likeness (QED) is 0.862. The number of hydrogen-bond acceptors (Lipinski definition) is 3. The molecule has 0 saturated heterocycles. The lowest BCUT2D eigenvalue weighted by molar-refractivity contribution is 0.302. The van der Waals surface area contributed by atoms with Crippen LogP contribution in [0.4, 0.5) is 0 Å². The summed E-state index contributed by atoms with van der Waals surface area (Å²) in [5.74, 6) is 0.445. The van der Waals surface area contributed by atoms with Crippen LogP contribution in [-0.2, 0) is 6.54 Å². The minimum absolute atomic E-state index is 0.305. The van der Waals surface area contributed by atoms with Crippen LogP contribution in [0.25, 0.3) is 0 Å². The second-order valence-corrected chi connectivity index (χ2v) is 4.91. The summed E-state index contributed by atoms with van der Waals surface area (Å²) in [5.41, 5.74) is 0.885. The standard InChI is InChI=1S/C13H20N4/c1-11-5-8-16-17(11)9-6-12-4-3-7-13(12,10-14)15-2/h5,8,12,15H,3-4,6-7,9H2,1-2H3. The molecule has 1 aliphatic carbocycles. The van der Waals surface area contributed by atoms with E-state index in [-0.39, 0.29) is 5.54 Å². The lowest BCUT2D eigenvalue weighted by atomic mass is 9.86. The van der Waals surface area contributed by atoms with Crippen molar-refractivity contribution < 1.29 is 0 Å². The molecule has 0 aliphatic heterocycles. The molecule has 92 valence electrons. The maximum absolute atomic E-state index is 9.36. The molecule has 4 heteroatoms. The minimum atomic E-state index is -0.305. The van der Waals surface area contributed by atoms with Gasteiger partial charge >= 0.3 is 0 Å². The van der Waals surface area contributed by atoms with Crippen LogP contribution in [0.5, 0.6) is 0 Å². The van der Waals surface area contributed by atoms with Crippen molar-refractivity contribution in [3.8, 4) is 6.07 Å². The van der Waals surface area contributed by atoms with Crippen molar-refractivity contribution in [3.63, 3.8) is 0 Å². The van der Waals surface area contributed by atoms with Gasteiger partial charge in [0.05, 0.1) is 6.07 Å². The maximum Gasteiger partial charge on any atom is 0.109 e. The number of nitrogens with zero attached hydrogens (tertiary/aromatic N) is 3. The molecule has 4 nitrogen and oxygen atoms in total. The molecule has 1 heterocycles. The van der Waals surface area contributed by atoms with E-state index in [0.29, 0.717) is 5.92 Å². The van der Waals surface area contributed by atoms with Gasteiger partial charge in [-0.05, 0) is 45.2 Å². The van der Waals surface area contributed by atoms with Gasteiger partial charge < -0.3 is 5.32 Å². The Kier molecular flexibility index (Phi) is 3.49. The first-order chi connectivity index (χ1) is 8.22. The summed E-state index contributed by atoms with van der Waals surface area (Å²) >= 11 is 0. The fraction of sp³-hybridized carbons (Fsp3) is 0.692. The van der Waals surface area contributed by atoms with Gasteiger partial charge in [-0.3, -0.25) is 4.68 Å². The van der Waals surface area contributed by atoms with E-state index in [1.165, 1.54) is 5.69 Å². The summed E-state index contributed by atoms with van der Waals surface area (Å²) in [6.45, 7) is 2.98. The van der Waals surface area contributed by atoms with E-state index in [2.05, 4.69) is 23.4 Å². The lowest BCUT2D eigenvalue weighted by Gasteiger charge is -2.28. The van der Waals surface area contributed by atoms with Crippen molar-refractivity contribution in [1.29, 1.82) is 5.26 Å². The molecule has 1 aromatic rings. The SMILES string of the molecule is CNC1(C#N)CCCC1CCn1nccc1C. The molecule has 0 amide bonds. The van der Waals surface area contributed by atoms with Crippen LogP contribution in [-0.4, -0.2) is 22.4 Å². The highest BCUT2D eigenvalue weighted by molar-refractivity contribution is 5.13. The molecule has 0 aromatic carbocycles. The topological polar surface area (TPSA) is 53.6 Å². The van der Waals surface area contributed by atoms with E-state index < -0.39 is 0 Å². The summed E-state index contributed by atoms with van der Waals surface area (Å²) in [6.07, 6.45) is 6.13. The molecule has 1 aromatic heterocycles. The Labute approximate surface area is 103 Å². The van der Waals surface area contributed by atoms with Crippen molar-refractivity contribution >= 4 is 0 Å². The molecule has 2 atom stereocenters. The lowest BCUT2D eigenvalue weighted by Crippen LogP contribution is -2.45. The summed E-state index contributed by atoms with van der Waals surface area (Å²) in [4.78, 5) is 0. The average Bonchev–Trinajstić information content (AvgIpc) is 2.93. The van der Waals surface area contributed by atoms with Gasteiger partial charge in [0.1, 0.15) is 5.54 Å². The number of hydrogen-bond donors (Lipinski definition) is 1. The normalized spacial score (nSPS) is 28.2. The molecule has 0 radical (unpaired) electrons. The smallest absolute Gasteiger partial charge is 0.109 e. The molecule has 1 aliphatic rings. The van der Waals surface area contributed by atoms with Gasteiger partial charge in [-0.2, -0.15) is 10.4 Å². The van der Waals surface area contributed by atoms with Crippen LogP contribution in [0.15, 0.2) is 12.3 Å². The predicted octanol–water partition coefficient (Wildman–Crippen LogP) is 1.86. The van der Waals surface area contributed by atoms with E-state index in [1.54, 1.807) is 0 Å². The fourth-order valence-corrected chi connectivity index (χ4v) is 2.91. The van der Waals surface area contributed by atoms with E-state index in [4.69, 9.17) is 0 Å². The van der Waals surface area contributed by atoms with Crippen molar-refractivity contribution in [2.24, 2.45) is 5.92 Å². The number of aryl methyl sites for hydroxylation is 2. The second kappa shape index (κ2) is 4.89. The molecule has 17 heavy (non-hydrogen) atoms. The number of aromatic nitrogens is 2. The minimum Gasteiger partial charge on any atom is -0.302 e. The summed E-state index contributed by atoms with van der Waals surface area (Å²) in [5, 5.41) is 16.9. The average molecular weight is 232 g/mol. The summed E-state index contributed by atoms with van der Waals surface area (Å²) in [7, 11) is 1.90. The number of rotatable bonds is 4. The zero-order valence-corrected chi connectivity index (χ0v) is 10.6. The van der Waals surface area contributed by atoms with E-state index in [9.17, 15) is 5.26 Å². The third-order valence-corrected chi connectivity index (χ3v) is 4.08. The van der Waals surface area contributed by atoms with Crippen molar-refractivity contribution in [3.05, 3.63) is 18.0 Å². The predicted molar refractivity (Wildman–Crippen MR) is 66.3 cm³/mol. The van der Waals surface area contributed by atoms with Gasteiger partial charge in [0, 0.05) is 18.4 Å². The van der Waals surface area contributed by atoms with Crippen molar-refractivity contribution in [1.82, 2.24) is 15.1 Å². The van der Waals surface area contributed by atoms with E-state index >= 15 is 0 Å². The van der Waals surface area contributed by atoms with Crippen molar-refractivity contribution in [2.75, 3.05) is 7.05 Å². The van der Waals surface area contributed by atoms with E-state index in [1.807, 2.05) is 24.0 Å². The molecular weight excluding hydrogens is 212 g/mol. The Bertz CT molecular complexity index is 417. The molecule has 2 rings (SSSR count). The first kappa shape index (κ1) is 12.1. The molecular formula is C13H20N4.